The largest absolute Gasteiger partial charge is 0.490 e. The number of carbonyl (C=O) groups is 1. The van der Waals surface area contributed by atoms with Crippen LogP contribution in [-0.2, 0) is 16.1 Å². The Morgan fingerprint density at radius 1 is 1.35 bits per heavy atom. The molecule has 1 aliphatic carbocycles. The predicted octanol–water partition coefficient (Wildman–Crippen LogP) is 4.53. The zero-order chi connectivity index (χ0) is 17.0. The minimum Gasteiger partial charge on any atom is -0.490 e. The lowest BCUT2D eigenvalue weighted by molar-refractivity contribution is -0.147. The van der Waals surface area contributed by atoms with Crippen LogP contribution in [0.3, 0.4) is 0 Å². The lowest BCUT2D eigenvalue weighted by atomic mass is 10.1. The second-order valence-electron chi connectivity index (χ2n) is 6.92. The van der Waals surface area contributed by atoms with E-state index in [1.54, 1.807) is 6.08 Å². The van der Waals surface area contributed by atoms with Crippen LogP contribution in [0.5, 0.6) is 5.75 Å². The molecule has 1 saturated carbocycles. The van der Waals surface area contributed by atoms with Crippen molar-refractivity contribution in [2.24, 2.45) is 17.3 Å². The van der Waals surface area contributed by atoms with Gasteiger partial charge in [-0.1, -0.05) is 50.3 Å². The Labute approximate surface area is 139 Å². The van der Waals surface area contributed by atoms with E-state index in [-0.39, 0.29) is 29.8 Å². The Balaban J connectivity index is 1.92. The summed E-state index contributed by atoms with van der Waals surface area (Å²) in [4.78, 5) is 12.3. The fraction of sp³-hybridized carbons (Fsp3) is 0.450. The Hall–Kier alpha value is -2.03. The van der Waals surface area contributed by atoms with Gasteiger partial charge in [-0.2, -0.15) is 0 Å². The van der Waals surface area contributed by atoms with Crippen LogP contribution in [0, 0.1) is 17.3 Å². The first-order valence-electron chi connectivity index (χ1n) is 8.00. The molecular formula is C20H26O3. The minimum atomic E-state index is -0.116. The number of benzene rings is 1. The zero-order valence-electron chi connectivity index (χ0n) is 14.5. The van der Waals surface area contributed by atoms with Crippen LogP contribution in [-0.4, -0.2) is 12.6 Å². The van der Waals surface area contributed by atoms with Crippen molar-refractivity contribution in [2.45, 2.75) is 34.3 Å². The number of rotatable bonds is 7. The smallest absolute Gasteiger partial charge is 0.310 e. The zero-order valence-corrected chi connectivity index (χ0v) is 14.5. The van der Waals surface area contributed by atoms with Crippen LogP contribution in [0.1, 0.15) is 33.3 Å². The molecule has 0 N–H and O–H groups in total. The molecule has 0 amide bonds. The van der Waals surface area contributed by atoms with Gasteiger partial charge >= 0.3 is 5.97 Å². The van der Waals surface area contributed by atoms with Crippen molar-refractivity contribution in [3.63, 3.8) is 0 Å². The summed E-state index contributed by atoms with van der Waals surface area (Å²) in [5.74, 6) is 0.877. The molecule has 1 aromatic rings. The molecule has 3 nitrogen and oxygen atoms in total. The fourth-order valence-electron chi connectivity index (χ4n) is 2.92. The highest BCUT2D eigenvalue weighted by atomic mass is 16.5. The highest BCUT2D eigenvalue weighted by Crippen LogP contribution is 2.59. The first-order valence-corrected chi connectivity index (χ1v) is 8.00. The van der Waals surface area contributed by atoms with Crippen molar-refractivity contribution < 1.29 is 14.3 Å². The first-order chi connectivity index (χ1) is 10.9. The summed E-state index contributed by atoms with van der Waals surface area (Å²) < 4.78 is 11.0. The summed E-state index contributed by atoms with van der Waals surface area (Å²) >= 11 is 0. The third-order valence-electron chi connectivity index (χ3n) is 4.32. The molecule has 0 radical (unpaired) electrons. The van der Waals surface area contributed by atoms with Crippen LogP contribution < -0.4 is 4.74 Å². The van der Waals surface area contributed by atoms with Crippen LogP contribution in [0.4, 0.5) is 0 Å². The third kappa shape index (κ3) is 4.25. The number of hydrogen-bond acceptors (Lipinski definition) is 3. The van der Waals surface area contributed by atoms with Crippen molar-refractivity contribution in [3.8, 4) is 5.75 Å². The molecule has 124 valence electrons. The lowest BCUT2D eigenvalue weighted by Gasteiger charge is -2.08. The van der Waals surface area contributed by atoms with Gasteiger partial charge in [-0.15, -0.1) is 0 Å². The average molecular weight is 314 g/mol. The maximum absolute atomic E-state index is 12.3. The number of ether oxygens (including phenoxy) is 2. The van der Waals surface area contributed by atoms with Gasteiger partial charge in [-0.05, 0) is 42.9 Å². The molecule has 2 atom stereocenters. The quantitative estimate of drug-likeness (QED) is 0.548. The molecule has 0 bridgehead atoms. The molecule has 0 aliphatic heterocycles. The second kappa shape index (κ2) is 7.03. The van der Waals surface area contributed by atoms with Crippen molar-refractivity contribution in [1.29, 1.82) is 0 Å². The topological polar surface area (TPSA) is 35.5 Å². The summed E-state index contributed by atoms with van der Waals surface area (Å²) in [7, 11) is 0. The van der Waals surface area contributed by atoms with Gasteiger partial charge in [0.25, 0.3) is 0 Å². The van der Waals surface area contributed by atoms with Gasteiger partial charge in [-0.3, -0.25) is 4.79 Å². The Morgan fingerprint density at radius 2 is 2.09 bits per heavy atom. The number of hydrogen-bond donors (Lipinski definition) is 0. The Kier molecular flexibility index (Phi) is 5.30. The lowest BCUT2D eigenvalue weighted by Crippen LogP contribution is -2.10. The van der Waals surface area contributed by atoms with Crippen molar-refractivity contribution in [2.75, 3.05) is 6.61 Å². The molecule has 1 aliphatic rings. The number of allylic oxidation sites excluding steroid dienone is 2. The summed E-state index contributed by atoms with van der Waals surface area (Å²) in [5, 5.41) is 0. The van der Waals surface area contributed by atoms with E-state index in [4.69, 9.17) is 9.47 Å². The maximum Gasteiger partial charge on any atom is 0.310 e. The van der Waals surface area contributed by atoms with E-state index in [2.05, 4.69) is 40.3 Å². The minimum absolute atomic E-state index is 0.0106. The van der Waals surface area contributed by atoms with Crippen LogP contribution in [0.25, 0.3) is 0 Å². The molecule has 0 saturated heterocycles. The van der Waals surface area contributed by atoms with Gasteiger partial charge < -0.3 is 9.47 Å². The third-order valence-corrected chi connectivity index (χ3v) is 4.32. The normalized spacial score (nSPS) is 21.2. The van der Waals surface area contributed by atoms with Crippen molar-refractivity contribution >= 4 is 5.97 Å². The van der Waals surface area contributed by atoms with Crippen molar-refractivity contribution in [1.82, 2.24) is 0 Å². The average Bonchev–Trinajstić information content (AvgIpc) is 3.03. The fourth-order valence-corrected chi connectivity index (χ4v) is 2.92. The van der Waals surface area contributed by atoms with E-state index in [0.717, 1.165) is 11.3 Å². The number of carbonyl (C=O) groups excluding carboxylic acids is 1. The predicted molar refractivity (Wildman–Crippen MR) is 92.1 cm³/mol. The Morgan fingerprint density at radius 3 is 2.74 bits per heavy atom. The standard InChI is InChI=1S/C20H26O3/c1-6-10-22-16-9-7-8-15(12-16)13-23-19(21)18-17(11-14(2)3)20(18,4)5/h6-9,11-12,17-18H,1,10,13H2,2-5H3/t17?,18-/m0/s1. The van der Waals surface area contributed by atoms with E-state index < -0.39 is 0 Å². The van der Waals surface area contributed by atoms with Gasteiger partial charge in [0, 0.05) is 0 Å². The SMILES string of the molecule is C=CCOc1cccc(COC(=O)[C@@H]2C(C=C(C)C)C2(C)C)c1. The van der Waals surface area contributed by atoms with Crippen LogP contribution in [0.2, 0.25) is 0 Å². The van der Waals surface area contributed by atoms with E-state index in [9.17, 15) is 4.79 Å². The van der Waals surface area contributed by atoms with Gasteiger partial charge in [0.15, 0.2) is 0 Å². The molecule has 0 spiro atoms. The molecular weight excluding hydrogens is 288 g/mol. The van der Waals surface area contributed by atoms with E-state index in [1.165, 1.54) is 5.57 Å². The maximum atomic E-state index is 12.3. The Bertz CT molecular complexity index is 609. The number of esters is 1. The highest BCUT2D eigenvalue weighted by molar-refractivity contribution is 5.78. The summed E-state index contributed by atoms with van der Waals surface area (Å²) in [6, 6.07) is 7.60. The van der Waals surface area contributed by atoms with Gasteiger partial charge in [-0.25, -0.2) is 0 Å². The molecule has 3 heteroatoms. The second-order valence-corrected chi connectivity index (χ2v) is 6.92. The molecule has 1 fully saturated rings. The van der Waals surface area contributed by atoms with E-state index in [0.29, 0.717) is 6.61 Å². The molecule has 0 aromatic heterocycles. The summed E-state index contributed by atoms with van der Waals surface area (Å²) in [6.07, 6.45) is 3.88. The van der Waals surface area contributed by atoms with Crippen LogP contribution >= 0.6 is 0 Å². The van der Waals surface area contributed by atoms with Crippen molar-refractivity contribution in [3.05, 3.63) is 54.1 Å². The van der Waals surface area contributed by atoms with Gasteiger partial charge in [0.05, 0.1) is 5.92 Å². The van der Waals surface area contributed by atoms with E-state index >= 15 is 0 Å². The highest BCUT2D eigenvalue weighted by Gasteiger charge is 2.61. The summed E-state index contributed by atoms with van der Waals surface area (Å²) in [5.41, 5.74) is 2.16. The molecule has 2 rings (SSSR count). The van der Waals surface area contributed by atoms with Gasteiger partial charge in [0.1, 0.15) is 19.0 Å². The van der Waals surface area contributed by atoms with E-state index in [1.807, 2.05) is 24.3 Å². The molecule has 0 heterocycles. The monoisotopic (exact) mass is 314 g/mol. The summed E-state index contributed by atoms with van der Waals surface area (Å²) in [6.45, 7) is 12.7. The molecule has 1 unspecified atom stereocenters. The van der Waals surface area contributed by atoms with Crippen LogP contribution in [0.15, 0.2) is 48.6 Å². The first kappa shape index (κ1) is 17.3. The molecule has 23 heavy (non-hydrogen) atoms. The molecule has 1 aromatic carbocycles. The van der Waals surface area contributed by atoms with Gasteiger partial charge in [0.2, 0.25) is 0 Å².